The average Bonchev–Trinajstić information content (AvgIpc) is 3.11. The maximum Gasteiger partial charge on any atom is 0.218 e. The molecule has 1 aromatic carbocycles. The van der Waals surface area contributed by atoms with Gasteiger partial charge in [0.15, 0.2) is 0 Å². The summed E-state index contributed by atoms with van der Waals surface area (Å²) in [4.78, 5) is 0. The molecule has 1 fully saturated rings. The average molecular weight is 254 g/mol. The topological polar surface area (TPSA) is 63.4 Å². The van der Waals surface area contributed by atoms with E-state index in [2.05, 4.69) is 0 Å². The van der Waals surface area contributed by atoms with Gasteiger partial charge in [-0.05, 0) is 24.0 Å². The van der Waals surface area contributed by atoms with Gasteiger partial charge in [-0.25, -0.2) is 12.7 Å². The summed E-state index contributed by atoms with van der Waals surface area (Å²) in [5, 5.41) is 0. The molecule has 94 valence electrons. The van der Waals surface area contributed by atoms with E-state index in [4.69, 9.17) is 5.73 Å². The first-order chi connectivity index (χ1) is 8.03. The van der Waals surface area contributed by atoms with Crippen LogP contribution in [0.3, 0.4) is 0 Å². The minimum Gasteiger partial charge on any atom is -0.326 e. The van der Waals surface area contributed by atoms with Gasteiger partial charge < -0.3 is 5.73 Å². The minimum atomic E-state index is -3.18. The Labute approximate surface area is 102 Å². The lowest BCUT2D eigenvalue weighted by molar-refractivity contribution is 0.463. The van der Waals surface area contributed by atoms with Crippen LogP contribution in [0, 0.1) is 0 Å². The number of nitrogens with two attached hydrogens (primary N) is 1. The maximum atomic E-state index is 12.1. The molecule has 0 radical (unpaired) electrons. The van der Waals surface area contributed by atoms with Crippen LogP contribution in [-0.2, 0) is 22.3 Å². The van der Waals surface area contributed by atoms with E-state index in [0.29, 0.717) is 6.54 Å². The smallest absolute Gasteiger partial charge is 0.218 e. The summed E-state index contributed by atoms with van der Waals surface area (Å²) in [7, 11) is -1.52. The fourth-order valence-corrected chi connectivity index (χ4v) is 3.29. The summed E-state index contributed by atoms with van der Waals surface area (Å²) < 4.78 is 25.7. The van der Waals surface area contributed by atoms with Crippen molar-refractivity contribution in [1.29, 1.82) is 0 Å². The van der Waals surface area contributed by atoms with Gasteiger partial charge in [-0.15, -0.1) is 0 Å². The molecule has 0 atom stereocenters. The Hall–Kier alpha value is -0.910. The maximum absolute atomic E-state index is 12.1. The van der Waals surface area contributed by atoms with Gasteiger partial charge in [-0.1, -0.05) is 24.3 Å². The van der Waals surface area contributed by atoms with Gasteiger partial charge in [0.2, 0.25) is 10.0 Å². The molecule has 0 aliphatic heterocycles. The third-order valence-electron chi connectivity index (χ3n) is 3.08. The highest BCUT2D eigenvalue weighted by Gasteiger charge is 2.33. The van der Waals surface area contributed by atoms with E-state index in [1.54, 1.807) is 7.05 Å². The van der Waals surface area contributed by atoms with Gasteiger partial charge in [0.25, 0.3) is 0 Å². The van der Waals surface area contributed by atoms with E-state index in [-0.39, 0.29) is 11.8 Å². The van der Waals surface area contributed by atoms with Crippen LogP contribution in [0.4, 0.5) is 0 Å². The number of hydrogen-bond acceptors (Lipinski definition) is 3. The molecule has 1 saturated carbocycles. The molecular weight excluding hydrogens is 236 g/mol. The molecule has 0 unspecified atom stereocenters. The van der Waals surface area contributed by atoms with Crippen LogP contribution in [0.25, 0.3) is 0 Å². The molecule has 5 heteroatoms. The molecule has 17 heavy (non-hydrogen) atoms. The minimum absolute atomic E-state index is 0.0633. The quantitative estimate of drug-likeness (QED) is 0.855. The van der Waals surface area contributed by atoms with E-state index in [1.807, 2.05) is 24.3 Å². The van der Waals surface area contributed by atoms with Crippen molar-refractivity contribution in [2.75, 3.05) is 7.05 Å². The molecule has 0 amide bonds. The SMILES string of the molecule is CN(C1CC1)S(=O)(=O)Cc1cccc(CN)c1. The monoisotopic (exact) mass is 254 g/mol. The van der Waals surface area contributed by atoms with Crippen molar-refractivity contribution >= 4 is 10.0 Å². The van der Waals surface area contributed by atoms with Crippen LogP contribution in [0.2, 0.25) is 0 Å². The highest BCUT2D eigenvalue weighted by Crippen LogP contribution is 2.28. The Balaban J connectivity index is 2.13. The molecule has 0 bridgehead atoms. The molecule has 0 spiro atoms. The molecule has 4 nitrogen and oxygen atoms in total. The summed E-state index contributed by atoms with van der Waals surface area (Å²) >= 11 is 0. The Morgan fingerprint density at radius 1 is 1.35 bits per heavy atom. The first kappa shape index (κ1) is 12.5. The van der Waals surface area contributed by atoms with Crippen molar-refractivity contribution in [3.63, 3.8) is 0 Å². The molecular formula is C12H18N2O2S. The summed E-state index contributed by atoms with van der Waals surface area (Å²) in [5.74, 6) is 0.0633. The molecule has 1 aromatic rings. The predicted octanol–water partition coefficient (Wildman–Crippen LogP) is 1.07. The van der Waals surface area contributed by atoms with Crippen molar-refractivity contribution in [3.05, 3.63) is 35.4 Å². The predicted molar refractivity (Wildman–Crippen MR) is 67.7 cm³/mol. The van der Waals surface area contributed by atoms with E-state index in [1.165, 1.54) is 4.31 Å². The summed E-state index contributed by atoms with van der Waals surface area (Å²) in [6, 6.07) is 7.67. The third kappa shape index (κ3) is 3.06. The normalized spacial score (nSPS) is 16.4. The molecule has 1 aliphatic rings. The lowest BCUT2D eigenvalue weighted by Crippen LogP contribution is -2.30. The van der Waals surface area contributed by atoms with Crippen molar-refractivity contribution in [1.82, 2.24) is 4.31 Å². The Bertz CT molecular complexity index is 495. The Kier molecular flexibility index (Phi) is 3.51. The Morgan fingerprint density at radius 2 is 2.00 bits per heavy atom. The number of hydrogen-bond donors (Lipinski definition) is 1. The molecule has 0 aromatic heterocycles. The van der Waals surface area contributed by atoms with E-state index >= 15 is 0 Å². The second-order valence-electron chi connectivity index (χ2n) is 4.53. The molecule has 1 aliphatic carbocycles. The fraction of sp³-hybridized carbons (Fsp3) is 0.500. The highest BCUT2D eigenvalue weighted by atomic mass is 32.2. The molecule has 0 heterocycles. The van der Waals surface area contributed by atoms with Crippen LogP contribution in [-0.4, -0.2) is 25.8 Å². The number of benzene rings is 1. The molecule has 0 saturated heterocycles. The van der Waals surface area contributed by atoms with Gasteiger partial charge in [-0.3, -0.25) is 0 Å². The van der Waals surface area contributed by atoms with Crippen molar-refractivity contribution in [2.45, 2.75) is 31.2 Å². The molecule has 2 N–H and O–H groups in total. The lowest BCUT2D eigenvalue weighted by atomic mass is 10.1. The lowest BCUT2D eigenvalue weighted by Gasteiger charge is -2.16. The number of rotatable bonds is 5. The van der Waals surface area contributed by atoms with E-state index < -0.39 is 10.0 Å². The molecule has 2 rings (SSSR count). The first-order valence-corrected chi connectivity index (χ1v) is 7.37. The number of sulfonamides is 1. The second-order valence-corrected chi connectivity index (χ2v) is 6.56. The summed E-state index contributed by atoms with van der Waals surface area (Å²) in [5.41, 5.74) is 7.31. The van der Waals surface area contributed by atoms with Gasteiger partial charge in [0.1, 0.15) is 0 Å². The van der Waals surface area contributed by atoms with Crippen LogP contribution in [0.1, 0.15) is 24.0 Å². The fourth-order valence-electron chi connectivity index (χ4n) is 1.82. The van der Waals surface area contributed by atoms with Crippen molar-refractivity contribution in [3.8, 4) is 0 Å². The van der Waals surface area contributed by atoms with Crippen LogP contribution < -0.4 is 5.73 Å². The Morgan fingerprint density at radius 3 is 2.59 bits per heavy atom. The van der Waals surface area contributed by atoms with E-state index in [0.717, 1.165) is 24.0 Å². The standard InChI is InChI=1S/C12H18N2O2S/c1-14(12-5-6-12)17(15,16)9-11-4-2-3-10(7-11)8-13/h2-4,7,12H,5-6,8-9,13H2,1H3. The zero-order valence-electron chi connectivity index (χ0n) is 9.96. The van der Waals surface area contributed by atoms with Gasteiger partial charge in [-0.2, -0.15) is 0 Å². The van der Waals surface area contributed by atoms with Gasteiger partial charge in [0, 0.05) is 19.6 Å². The van der Waals surface area contributed by atoms with Gasteiger partial charge >= 0.3 is 0 Å². The van der Waals surface area contributed by atoms with Gasteiger partial charge in [0.05, 0.1) is 5.75 Å². The van der Waals surface area contributed by atoms with Crippen LogP contribution in [0.15, 0.2) is 24.3 Å². The second kappa shape index (κ2) is 4.76. The van der Waals surface area contributed by atoms with E-state index in [9.17, 15) is 8.42 Å². The summed E-state index contributed by atoms with van der Waals surface area (Å²) in [6.07, 6.45) is 1.97. The zero-order valence-corrected chi connectivity index (χ0v) is 10.8. The summed E-state index contributed by atoms with van der Waals surface area (Å²) in [6.45, 7) is 0.437. The number of nitrogens with zero attached hydrogens (tertiary/aromatic N) is 1. The van der Waals surface area contributed by atoms with Crippen molar-refractivity contribution < 1.29 is 8.42 Å². The zero-order chi connectivity index (χ0) is 12.5. The van der Waals surface area contributed by atoms with Crippen LogP contribution >= 0.6 is 0 Å². The highest BCUT2D eigenvalue weighted by molar-refractivity contribution is 7.88. The third-order valence-corrected chi connectivity index (χ3v) is 4.95. The van der Waals surface area contributed by atoms with Crippen LogP contribution in [0.5, 0.6) is 0 Å². The van der Waals surface area contributed by atoms with Crippen molar-refractivity contribution in [2.24, 2.45) is 5.73 Å². The first-order valence-electron chi connectivity index (χ1n) is 5.76. The largest absolute Gasteiger partial charge is 0.326 e.